The molecule has 0 bridgehead atoms. The number of rotatable bonds is 8. The molecule has 0 spiro atoms. The maximum Gasteiger partial charge on any atom is 0.326 e. The van der Waals surface area contributed by atoms with Crippen molar-refractivity contribution in [1.29, 1.82) is 0 Å². The molecule has 8 heteroatoms. The number of amides is 2. The van der Waals surface area contributed by atoms with E-state index in [1.165, 1.54) is 11.8 Å². The molecule has 1 N–H and O–H groups in total. The van der Waals surface area contributed by atoms with Gasteiger partial charge in [0.05, 0.1) is 11.9 Å². The fourth-order valence-corrected chi connectivity index (χ4v) is 4.38. The van der Waals surface area contributed by atoms with E-state index in [0.717, 1.165) is 23.7 Å². The van der Waals surface area contributed by atoms with E-state index < -0.39 is 17.3 Å². The first-order chi connectivity index (χ1) is 14.3. The molecule has 2 rings (SSSR count). The van der Waals surface area contributed by atoms with Crippen molar-refractivity contribution >= 4 is 40.3 Å². The summed E-state index contributed by atoms with van der Waals surface area (Å²) in [5, 5.41) is 2.14. The number of anilines is 1. The molecule has 1 aromatic carbocycles. The van der Waals surface area contributed by atoms with E-state index in [9.17, 15) is 19.2 Å². The summed E-state index contributed by atoms with van der Waals surface area (Å²) in [6, 6.07) is 6.63. The third-order valence-corrected chi connectivity index (χ3v) is 6.43. The molecule has 164 valence electrons. The smallest absolute Gasteiger partial charge is 0.326 e. The highest BCUT2D eigenvalue weighted by Gasteiger charge is 2.35. The molecule has 0 fully saturated rings. The van der Waals surface area contributed by atoms with Crippen LogP contribution in [0, 0.1) is 5.92 Å². The number of aryl methyl sites for hydroxylation is 1. The van der Waals surface area contributed by atoms with Gasteiger partial charge < -0.3 is 10.1 Å². The van der Waals surface area contributed by atoms with Crippen LogP contribution in [0.25, 0.3) is 0 Å². The van der Waals surface area contributed by atoms with Gasteiger partial charge in [-0.2, -0.15) is 0 Å². The summed E-state index contributed by atoms with van der Waals surface area (Å²) in [5.74, 6) is -1.20. The molecular weight excluding hydrogens is 404 g/mol. The molecule has 1 aromatic rings. The Balaban J connectivity index is 2.26. The summed E-state index contributed by atoms with van der Waals surface area (Å²) >= 11 is 0.991. The molecule has 1 aliphatic rings. The van der Waals surface area contributed by atoms with E-state index >= 15 is 0 Å². The Morgan fingerprint density at radius 3 is 2.60 bits per heavy atom. The fraction of sp³-hybridized carbons (Fsp3) is 0.545. The minimum absolute atomic E-state index is 0.0207. The number of hydrogen-bond acceptors (Lipinski definition) is 6. The number of thioether (sulfide) groups is 1. The van der Waals surface area contributed by atoms with Crippen LogP contribution in [0.15, 0.2) is 24.3 Å². The molecule has 0 aromatic heterocycles. The summed E-state index contributed by atoms with van der Waals surface area (Å²) in [5.41, 5.74) is 1.59. The van der Waals surface area contributed by atoms with Crippen molar-refractivity contribution in [2.75, 3.05) is 18.1 Å². The van der Waals surface area contributed by atoms with Crippen molar-refractivity contribution < 1.29 is 23.9 Å². The van der Waals surface area contributed by atoms with E-state index in [0.29, 0.717) is 18.5 Å². The van der Waals surface area contributed by atoms with Gasteiger partial charge in [-0.05, 0) is 37.3 Å². The Morgan fingerprint density at radius 1 is 1.27 bits per heavy atom. The highest BCUT2D eigenvalue weighted by Crippen LogP contribution is 2.28. The number of nitrogens with zero attached hydrogens (tertiary/aromatic N) is 1. The normalized spacial score (nSPS) is 18.1. The lowest BCUT2D eigenvalue weighted by molar-refractivity contribution is -0.142. The molecular formula is C22H30N2O5S. The minimum Gasteiger partial charge on any atom is -0.465 e. The molecule has 0 saturated heterocycles. The second-order valence-electron chi connectivity index (χ2n) is 7.37. The van der Waals surface area contributed by atoms with Gasteiger partial charge in [0.25, 0.3) is 0 Å². The summed E-state index contributed by atoms with van der Waals surface area (Å²) in [7, 11) is 0. The standard InChI is InChI=1S/C22H30N2O5S/c1-5-14(3)20(30-15(4)25)21(27)23-17-12-11-16-9-7-8-10-18(16)24(22(17)28)13-19(26)29-6-2/h7-10,14,17,20H,5-6,11-13H2,1-4H3,(H,23,27)/t14-,17?,20-/m0/s1. The molecule has 1 unspecified atom stereocenters. The summed E-state index contributed by atoms with van der Waals surface area (Å²) in [6.45, 7) is 7.02. The number of fused-ring (bicyclic) bond motifs is 1. The summed E-state index contributed by atoms with van der Waals surface area (Å²) in [6.07, 6.45) is 1.73. The second-order valence-corrected chi connectivity index (χ2v) is 8.69. The SMILES string of the molecule is CCOC(=O)CN1C(=O)C(NC(=O)[C@@H](SC(C)=O)[C@@H](C)CC)CCc2ccccc21. The van der Waals surface area contributed by atoms with Gasteiger partial charge in [-0.3, -0.25) is 24.1 Å². The monoisotopic (exact) mass is 434 g/mol. The number of benzene rings is 1. The second kappa shape index (κ2) is 11.2. The van der Waals surface area contributed by atoms with Gasteiger partial charge in [0.15, 0.2) is 5.12 Å². The van der Waals surface area contributed by atoms with Crippen molar-refractivity contribution in [3.05, 3.63) is 29.8 Å². The number of carbonyl (C=O) groups excluding carboxylic acids is 4. The third-order valence-electron chi connectivity index (χ3n) is 5.17. The van der Waals surface area contributed by atoms with Crippen LogP contribution < -0.4 is 10.2 Å². The first-order valence-electron chi connectivity index (χ1n) is 10.3. The molecule has 2 amide bonds. The molecule has 30 heavy (non-hydrogen) atoms. The van der Waals surface area contributed by atoms with E-state index in [4.69, 9.17) is 4.74 Å². The van der Waals surface area contributed by atoms with Gasteiger partial charge in [0, 0.05) is 12.6 Å². The van der Waals surface area contributed by atoms with Crippen LogP contribution in [-0.4, -0.2) is 47.3 Å². The van der Waals surface area contributed by atoms with E-state index in [2.05, 4.69) is 5.32 Å². The highest BCUT2D eigenvalue weighted by atomic mass is 32.2. The zero-order chi connectivity index (χ0) is 22.3. The molecule has 0 aliphatic carbocycles. The van der Waals surface area contributed by atoms with Crippen LogP contribution in [0.3, 0.4) is 0 Å². The maximum atomic E-state index is 13.3. The van der Waals surface area contributed by atoms with Gasteiger partial charge in [0.1, 0.15) is 12.6 Å². The molecule has 7 nitrogen and oxygen atoms in total. The van der Waals surface area contributed by atoms with Crippen molar-refractivity contribution in [2.45, 2.75) is 58.2 Å². The van der Waals surface area contributed by atoms with Gasteiger partial charge in [-0.25, -0.2) is 0 Å². The zero-order valence-electron chi connectivity index (χ0n) is 18.0. The van der Waals surface area contributed by atoms with E-state index in [1.807, 2.05) is 32.0 Å². The molecule has 1 heterocycles. The topological polar surface area (TPSA) is 92.8 Å². The molecule has 0 radical (unpaired) electrons. The Kier molecular flexibility index (Phi) is 8.89. The lowest BCUT2D eigenvalue weighted by Crippen LogP contribution is -2.52. The van der Waals surface area contributed by atoms with Crippen LogP contribution >= 0.6 is 11.8 Å². The first kappa shape index (κ1) is 23.9. The van der Waals surface area contributed by atoms with Gasteiger partial charge in [-0.15, -0.1) is 0 Å². The largest absolute Gasteiger partial charge is 0.465 e. The summed E-state index contributed by atoms with van der Waals surface area (Å²) < 4.78 is 5.03. The first-order valence-corrected chi connectivity index (χ1v) is 11.2. The number of ether oxygens (including phenoxy) is 1. The van der Waals surface area contributed by atoms with Crippen LogP contribution in [0.4, 0.5) is 5.69 Å². The lowest BCUT2D eigenvalue weighted by atomic mass is 10.0. The summed E-state index contributed by atoms with van der Waals surface area (Å²) in [4.78, 5) is 51.4. The lowest BCUT2D eigenvalue weighted by Gasteiger charge is -2.27. The molecule has 1 aliphatic heterocycles. The minimum atomic E-state index is -0.779. The Labute approximate surface area is 181 Å². The number of esters is 1. The van der Waals surface area contributed by atoms with Crippen LogP contribution in [0.1, 0.15) is 46.1 Å². The molecule has 3 atom stereocenters. The van der Waals surface area contributed by atoms with Crippen molar-refractivity contribution in [2.24, 2.45) is 5.92 Å². The predicted octanol–water partition coefficient (Wildman–Crippen LogP) is 2.71. The fourth-order valence-electron chi connectivity index (χ4n) is 3.42. The quantitative estimate of drug-likeness (QED) is 0.633. The van der Waals surface area contributed by atoms with Crippen molar-refractivity contribution in [3.8, 4) is 0 Å². The van der Waals surface area contributed by atoms with E-state index in [1.54, 1.807) is 13.0 Å². The van der Waals surface area contributed by atoms with Crippen molar-refractivity contribution in [3.63, 3.8) is 0 Å². The van der Waals surface area contributed by atoms with Crippen LogP contribution in [0.2, 0.25) is 0 Å². The zero-order valence-corrected chi connectivity index (χ0v) is 18.8. The average Bonchev–Trinajstić information content (AvgIpc) is 2.83. The Bertz CT molecular complexity index is 797. The van der Waals surface area contributed by atoms with Gasteiger partial charge >= 0.3 is 5.97 Å². The molecule has 0 saturated carbocycles. The third kappa shape index (κ3) is 6.08. The van der Waals surface area contributed by atoms with Crippen LogP contribution in [-0.2, 0) is 30.3 Å². The maximum absolute atomic E-state index is 13.3. The Hall–Kier alpha value is -2.35. The predicted molar refractivity (Wildman–Crippen MR) is 117 cm³/mol. The Morgan fingerprint density at radius 2 is 1.97 bits per heavy atom. The van der Waals surface area contributed by atoms with E-state index in [-0.39, 0.29) is 36.0 Å². The number of hydrogen-bond donors (Lipinski definition) is 1. The number of nitrogens with one attached hydrogen (secondary N) is 1. The number of para-hydroxylation sites is 1. The van der Waals surface area contributed by atoms with Crippen LogP contribution in [0.5, 0.6) is 0 Å². The number of carbonyl (C=O) groups is 4. The average molecular weight is 435 g/mol. The van der Waals surface area contributed by atoms with Gasteiger partial charge in [-0.1, -0.05) is 50.2 Å². The highest BCUT2D eigenvalue weighted by molar-refractivity contribution is 8.14. The van der Waals surface area contributed by atoms with Crippen molar-refractivity contribution in [1.82, 2.24) is 5.32 Å². The van der Waals surface area contributed by atoms with Gasteiger partial charge in [0.2, 0.25) is 11.8 Å².